The van der Waals surface area contributed by atoms with Crippen LogP contribution in [-0.2, 0) is 14.3 Å². The first-order valence-corrected chi connectivity index (χ1v) is 5.82. The van der Waals surface area contributed by atoms with Crippen molar-refractivity contribution >= 4 is 28.5 Å². The summed E-state index contributed by atoms with van der Waals surface area (Å²) in [6.07, 6.45) is 1.65. The van der Waals surface area contributed by atoms with Crippen LogP contribution >= 0.6 is 0 Å². The van der Waals surface area contributed by atoms with Gasteiger partial charge in [0.1, 0.15) is 0 Å². The number of nitrogens with one attached hydrogen (secondary N) is 2. The molecule has 1 fully saturated rings. The monoisotopic (exact) mass is 260 g/mol. The third-order valence-electron chi connectivity index (χ3n) is 3.38. The van der Waals surface area contributed by atoms with E-state index < -0.39 is 17.3 Å². The SMILES string of the molecule is O=C(O)C1(C(=O)Nc2c[nH]c3ccccc23)COC1. The van der Waals surface area contributed by atoms with Gasteiger partial charge in [0.05, 0.1) is 18.9 Å². The molecule has 98 valence electrons. The van der Waals surface area contributed by atoms with Crippen LogP contribution in [0.5, 0.6) is 0 Å². The van der Waals surface area contributed by atoms with E-state index >= 15 is 0 Å². The molecule has 0 atom stereocenters. The van der Waals surface area contributed by atoms with Gasteiger partial charge in [-0.1, -0.05) is 18.2 Å². The van der Waals surface area contributed by atoms with Crippen LogP contribution in [0.2, 0.25) is 0 Å². The van der Waals surface area contributed by atoms with E-state index in [-0.39, 0.29) is 13.2 Å². The lowest BCUT2D eigenvalue weighted by Crippen LogP contribution is -2.57. The first-order valence-electron chi connectivity index (χ1n) is 5.82. The summed E-state index contributed by atoms with van der Waals surface area (Å²) >= 11 is 0. The molecule has 1 aliphatic rings. The molecule has 2 aromatic rings. The number of anilines is 1. The van der Waals surface area contributed by atoms with Gasteiger partial charge in [-0.3, -0.25) is 9.59 Å². The summed E-state index contributed by atoms with van der Waals surface area (Å²) in [6, 6.07) is 7.46. The molecule has 1 amide bonds. The number of aliphatic carboxylic acids is 1. The predicted molar refractivity (Wildman–Crippen MR) is 67.8 cm³/mol. The number of rotatable bonds is 3. The average molecular weight is 260 g/mol. The Morgan fingerprint density at radius 1 is 1.32 bits per heavy atom. The third-order valence-corrected chi connectivity index (χ3v) is 3.38. The number of carbonyl (C=O) groups excluding carboxylic acids is 1. The molecule has 2 heterocycles. The van der Waals surface area contributed by atoms with Crippen molar-refractivity contribution in [2.24, 2.45) is 5.41 Å². The van der Waals surface area contributed by atoms with Gasteiger partial charge in [0.2, 0.25) is 5.91 Å². The van der Waals surface area contributed by atoms with Gasteiger partial charge in [0.25, 0.3) is 0 Å². The number of carboxylic acids is 1. The number of hydrogen-bond donors (Lipinski definition) is 3. The van der Waals surface area contributed by atoms with Gasteiger partial charge >= 0.3 is 5.97 Å². The van der Waals surface area contributed by atoms with E-state index in [1.807, 2.05) is 24.3 Å². The molecule has 6 heteroatoms. The summed E-state index contributed by atoms with van der Waals surface area (Å²) in [7, 11) is 0. The number of carbonyl (C=O) groups is 2. The second kappa shape index (κ2) is 4.10. The largest absolute Gasteiger partial charge is 0.480 e. The van der Waals surface area contributed by atoms with Crippen LogP contribution in [0.1, 0.15) is 0 Å². The number of ether oxygens (including phenoxy) is 1. The summed E-state index contributed by atoms with van der Waals surface area (Å²) in [6.45, 7) is -0.174. The number of aromatic amines is 1. The van der Waals surface area contributed by atoms with E-state index in [1.165, 1.54) is 0 Å². The molecule has 0 unspecified atom stereocenters. The second-order valence-electron chi connectivity index (χ2n) is 4.58. The fraction of sp³-hybridized carbons (Fsp3) is 0.231. The fourth-order valence-corrected chi connectivity index (χ4v) is 2.07. The van der Waals surface area contributed by atoms with Crippen molar-refractivity contribution in [3.63, 3.8) is 0 Å². The van der Waals surface area contributed by atoms with Crippen molar-refractivity contribution in [1.82, 2.24) is 4.98 Å². The maximum absolute atomic E-state index is 12.1. The predicted octanol–water partition coefficient (Wildman–Crippen LogP) is 1.21. The van der Waals surface area contributed by atoms with E-state index in [9.17, 15) is 9.59 Å². The summed E-state index contributed by atoms with van der Waals surface area (Å²) in [5.41, 5.74) is -0.00147. The van der Waals surface area contributed by atoms with Crippen molar-refractivity contribution in [3.05, 3.63) is 30.5 Å². The van der Waals surface area contributed by atoms with Crippen LogP contribution in [0.15, 0.2) is 30.5 Å². The molecule has 0 aliphatic carbocycles. The minimum atomic E-state index is -1.46. The standard InChI is InChI=1S/C13H12N2O4/c16-11(13(12(17)18)6-19-7-13)15-10-5-14-9-4-2-1-3-8(9)10/h1-5,14H,6-7H2,(H,15,16)(H,17,18). The van der Waals surface area contributed by atoms with E-state index in [0.717, 1.165) is 10.9 Å². The molecule has 1 saturated heterocycles. The number of H-pyrrole nitrogens is 1. The van der Waals surface area contributed by atoms with Crippen LogP contribution in [0, 0.1) is 5.41 Å². The average Bonchev–Trinajstić information content (AvgIpc) is 2.71. The van der Waals surface area contributed by atoms with Gasteiger partial charge in [-0.2, -0.15) is 0 Å². The topological polar surface area (TPSA) is 91.4 Å². The van der Waals surface area contributed by atoms with Crippen molar-refractivity contribution in [2.75, 3.05) is 18.5 Å². The quantitative estimate of drug-likeness (QED) is 0.723. The zero-order valence-electron chi connectivity index (χ0n) is 9.97. The van der Waals surface area contributed by atoms with Crippen LogP contribution < -0.4 is 5.32 Å². The minimum absolute atomic E-state index is 0.0868. The summed E-state index contributed by atoms with van der Waals surface area (Å²) in [4.78, 5) is 26.3. The Hall–Kier alpha value is -2.34. The lowest BCUT2D eigenvalue weighted by Gasteiger charge is -2.35. The minimum Gasteiger partial charge on any atom is -0.480 e. The fourth-order valence-electron chi connectivity index (χ4n) is 2.07. The Bertz CT molecular complexity index is 657. The van der Waals surface area contributed by atoms with Gasteiger partial charge in [0.15, 0.2) is 5.41 Å². The molecule has 1 aromatic heterocycles. The molecule has 0 saturated carbocycles. The molecule has 0 bridgehead atoms. The molecular weight excluding hydrogens is 248 g/mol. The maximum atomic E-state index is 12.1. The third kappa shape index (κ3) is 1.68. The number of carboxylic acid groups (broad SMARTS) is 1. The number of benzene rings is 1. The van der Waals surface area contributed by atoms with Gasteiger partial charge < -0.3 is 20.1 Å². The van der Waals surface area contributed by atoms with Crippen LogP contribution in [0.25, 0.3) is 10.9 Å². The smallest absolute Gasteiger partial charge is 0.324 e. The summed E-state index contributed by atoms with van der Waals surface area (Å²) < 4.78 is 4.88. The Kier molecular flexibility index (Phi) is 2.53. The number of amides is 1. The first kappa shape index (κ1) is 11.7. The van der Waals surface area contributed by atoms with Gasteiger partial charge in [0, 0.05) is 17.1 Å². The Labute approximate surface area is 108 Å². The number of para-hydroxylation sites is 1. The normalized spacial score (nSPS) is 16.8. The highest BCUT2D eigenvalue weighted by molar-refractivity contribution is 6.12. The van der Waals surface area contributed by atoms with Crippen molar-refractivity contribution in [2.45, 2.75) is 0 Å². The first-order chi connectivity index (χ1) is 9.13. The molecule has 3 rings (SSSR count). The van der Waals surface area contributed by atoms with Crippen molar-refractivity contribution in [1.29, 1.82) is 0 Å². The van der Waals surface area contributed by atoms with Crippen molar-refractivity contribution in [3.8, 4) is 0 Å². The zero-order valence-corrected chi connectivity index (χ0v) is 9.97. The molecule has 1 aliphatic heterocycles. The molecule has 3 N–H and O–H groups in total. The Morgan fingerprint density at radius 3 is 2.68 bits per heavy atom. The Morgan fingerprint density at radius 2 is 2.05 bits per heavy atom. The maximum Gasteiger partial charge on any atom is 0.324 e. The van der Waals surface area contributed by atoms with Crippen molar-refractivity contribution < 1.29 is 19.4 Å². The highest BCUT2D eigenvalue weighted by Crippen LogP contribution is 2.31. The molecule has 19 heavy (non-hydrogen) atoms. The van der Waals surface area contributed by atoms with Crippen LogP contribution in [0.4, 0.5) is 5.69 Å². The molecule has 0 spiro atoms. The lowest BCUT2D eigenvalue weighted by molar-refractivity contribution is -0.182. The van der Waals surface area contributed by atoms with Gasteiger partial charge in [-0.05, 0) is 6.07 Å². The van der Waals surface area contributed by atoms with Crippen LogP contribution in [0.3, 0.4) is 0 Å². The zero-order chi connectivity index (χ0) is 13.5. The number of hydrogen-bond acceptors (Lipinski definition) is 3. The summed E-state index contributed by atoms with van der Waals surface area (Å²) in [5.74, 6) is -1.70. The van der Waals surface area contributed by atoms with Gasteiger partial charge in [-0.15, -0.1) is 0 Å². The number of fused-ring (bicyclic) bond motifs is 1. The highest BCUT2D eigenvalue weighted by Gasteiger charge is 2.53. The molecule has 1 aromatic carbocycles. The lowest BCUT2D eigenvalue weighted by atomic mass is 9.85. The van der Waals surface area contributed by atoms with Gasteiger partial charge in [-0.25, -0.2) is 0 Å². The second-order valence-corrected chi connectivity index (χ2v) is 4.58. The summed E-state index contributed by atoms with van der Waals surface area (Å²) in [5, 5.41) is 12.6. The van der Waals surface area contributed by atoms with E-state index in [0.29, 0.717) is 5.69 Å². The molecule has 6 nitrogen and oxygen atoms in total. The van der Waals surface area contributed by atoms with E-state index in [1.54, 1.807) is 6.20 Å². The molecule has 0 radical (unpaired) electrons. The number of aromatic nitrogens is 1. The van der Waals surface area contributed by atoms with Crippen LogP contribution in [-0.4, -0.2) is 35.2 Å². The highest BCUT2D eigenvalue weighted by atomic mass is 16.5. The van der Waals surface area contributed by atoms with E-state index in [4.69, 9.17) is 9.84 Å². The molecular formula is C13H12N2O4. The van der Waals surface area contributed by atoms with E-state index in [2.05, 4.69) is 10.3 Å². The Balaban J connectivity index is 1.89.